The van der Waals surface area contributed by atoms with Gasteiger partial charge in [0.1, 0.15) is 17.0 Å². The summed E-state index contributed by atoms with van der Waals surface area (Å²) in [6.45, 7) is 0. The number of phenols is 1. The highest BCUT2D eigenvalue weighted by Crippen LogP contribution is 2.30. The molecular formula is C14H11NO4. The lowest BCUT2D eigenvalue weighted by Crippen LogP contribution is -2.04. The van der Waals surface area contributed by atoms with E-state index in [0.29, 0.717) is 17.0 Å². The Bertz CT molecular complexity index is 782. The minimum atomic E-state index is -0.984. The largest absolute Gasteiger partial charge is 0.508 e. The van der Waals surface area contributed by atoms with E-state index in [-0.39, 0.29) is 11.4 Å². The van der Waals surface area contributed by atoms with Crippen LogP contribution in [0.25, 0.3) is 22.4 Å². The summed E-state index contributed by atoms with van der Waals surface area (Å²) in [5.74, 6) is -0.287. The van der Waals surface area contributed by atoms with Gasteiger partial charge in [0.05, 0.1) is 5.69 Å². The average molecular weight is 257 g/mol. The highest BCUT2D eigenvalue weighted by Gasteiger charge is 2.15. The van der Waals surface area contributed by atoms with Crippen molar-refractivity contribution in [1.82, 2.24) is 4.57 Å². The summed E-state index contributed by atoms with van der Waals surface area (Å²) in [5, 5.41) is 19.3. The minimum absolute atomic E-state index is 0.131. The van der Waals surface area contributed by atoms with Gasteiger partial charge in [-0.05, 0) is 30.3 Å². The summed E-state index contributed by atoms with van der Waals surface area (Å²) in [7, 11) is 1.67. The van der Waals surface area contributed by atoms with Crippen molar-refractivity contribution in [2.45, 2.75) is 0 Å². The summed E-state index contributed by atoms with van der Waals surface area (Å²) in [5.41, 5.74) is 1.43. The van der Waals surface area contributed by atoms with Crippen LogP contribution in [0, 0.1) is 0 Å². The fraction of sp³-hybridized carbons (Fsp3) is 0.0714. The molecule has 2 heterocycles. The molecule has 19 heavy (non-hydrogen) atoms. The van der Waals surface area contributed by atoms with Crippen LogP contribution in [0.1, 0.15) is 10.5 Å². The van der Waals surface area contributed by atoms with Gasteiger partial charge in [-0.1, -0.05) is 0 Å². The highest BCUT2D eigenvalue weighted by molar-refractivity contribution is 5.88. The van der Waals surface area contributed by atoms with Crippen LogP contribution < -0.4 is 0 Å². The van der Waals surface area contributed by atoms with Crippen LogP contribution in [-0.2, 0) is 7.05 Å². The van der Waals surface area contributed by atoms with E-state index in [4.69, 9.17) is 9.52 Å². The number of aromatic carboxylic acids is 1. The number of aromatic hydroxyl groups is 1. The number of fused-ring (bicyclic) bond motifs is 1. The molecule has 0 fully saturated rings. The lowest BCUT2D eigenvalue weighted by Gasteiger charge is -2.01. The molecule has 0 atom stereocenters. The number of carboxylic acids is 1. The lowest BCUT2D eigenvalue weighted by atomic mass is 10.2. The number of rotatable bonds is 2. The molecule has 0 aliphatic heterocycles. The van der Waals surface area contributed by atoms with E-state index in [1.807, 2.05) is 6.07 Å². The van der Waals surface area contributed by atoms with Gasteiger partial charge in [0.25, 0.3) is 0 Å². The number of furan rings is 1. The van der Waals surface area contributed by atoms with Crippen molar-refractivity contribution >= 4 is 16.9 Å². The van der Waals surface area contributed by atoms with E-state index < -0.39 is 5.97 Å². The maximum atomic E-state index is 11.0. The Balaban J connectivity index is 2.16. The maximum Gasteiger partial charge on any atom is 0.352 e. The fourth-order valence-corrected chi connectivity index (χ4v) is 2.12. The molecule has 0 aliphatic carbocycles. The first-order chi connectivity index (χ1) is 9.06. The predicted molar refractivity (Wildman–Crippen MR) is 69.2 cm³/mol. The van der Waals surface area contributed by atoms with Crippen LogP contribution in [0.2, 0.25) is 0 Å². The molecule has 0 radical (unpaired) electrons. The number of benzene rings is 1. The van der Waals surface area contributed by atoms with Crippen LogP contribution in [0.15, 0.2) is 40.8 Å². The normalized spacial score (nSPS) is 11.0. The Hall–Kier alpha value is -2.69. The number of nitrogens with zero attached hydrogens (tertiary/aromatic N) is 1. The molecule has 0 saturated heterocycles. The Morgan fingerprint density at radius 3 is 2.68 bits per heavy atom. The topological polar surface area (TPSA) is 75.6 Å². The van der Waals surface area contributed by atoms with E-state index in [1.165, 1.54) is 12.1 Å². The molecule has 0 saturated carbocycles. The summed E-state index contributed by atoms with van der Waals surface area (Å²) in [6.07, 6.45) is 0. The second-order valence-corrected chi connectivity index (χ2v) is 4.30. The molecule has 2 N–H and O–H groups in total. The molecule has 5 heteroatoms. The average Bonchev–Trinajstić information content (AvgIpc) is 2.91. The van der Waals surface area contributed by atoms with E-state index in [9.17, 15) is 9.90 Å². The summed E-state index contributed by atoms with van der Waals surface area (Å²) < 4.78 is 7.19. The van der Waals surface area contributed by atoms with Crippen molar-refractivity contribution in [3.63, 3.8) is 0 Å². The van der Waals surface area contributed by atoms with Crippen LogP contribution in [0.5, 0.6) is 5.75 Å². The summed E-state index contributed by atoms with van der Waals surface area (Å²) in [4.78, 5) is 11.0. The van der Waals surface area contributed by atoms with E-state index in [2.05, 4.69) is 0 Å². The molecule has 5 nitrogen and oxygen atoms in total. The zero-order valence-corrected chi connectivity index (χ0v) is 10.1. The van der Waals surface area contributed by atoms with Gasteiger partial charge in [-0.3, -0.25) is 0 Å². The van der Waals surface area contributed by atoms with E-state index in [1.54, 1.807) is 29.8 Å². The Labute approximate surface area is 108 Å². The zero-order valence-electron chi connectivity index (χ0n) is 10.1. The van der Waals surface area contributed by atoms with E-state index in [0.717, 1.165) is 5.39 Å². The minimum Gasteiger partial charge on any atom is -0.508 e. The molecule has 0 unspecified atom stereocenters. The van der Waals surface area contributed by atoms with Crippen molar-refractivity contribution in [3.8, 4) is 17.2 Å². The molecular weight excluding hydrogens is 246 g/mol. The first kappa shape index (κ1) is 11.4. The van der Waals surface area contributed by atoms with Gasteiger partial charge in [0.15, 0.2) is 5.76 Å². The van der Waals surface area contributed by atoms with Crippen molar-refractivity contribution in [2.24, 2.45) is 7.05 Å². The molecule has 3 aromatic rings. The molecule has 0 bridgehead atoms. The highest BCUT2D eigenvalue weighted by atomic mass is 16.4. The van der Waals surface area contributed by atoms with Gasteiger partial charge in [0.2, 0.25) is 0 Å². The number of carboxylic acid groups (broad SMARTS) is 1. The van der Waals surface area contributed by atoms with Gasteiger partial charge in [-0.15, -0.1) is 0 Å². The van der Waals surface area contributed by atoms with Crippen LogP contribution in [0.4, 0.5) is 0 Å². The molecule has 2 aromatic heterocycles. The zero-order chi connectivity index (χ0) is 13.6. The molecule has 3 rings (SSSR count). The van der Waals surface area contributed by atoms with Gasteiger partial charge >= 0.3 is 5.97 Å². The van der Waals surface area contributed by atoms with Crippen molar-refractivity contribution in [1.29, 1.82) is 0 Å². The third kappa shape index (κ3) is 1.76. The maximum absolute atomic E-state index is 11.0. The Morgan fingerprint density at radius 2 is 2.00 bits per heavy atom. The standard InChI is InChI=1S/C14H11NO4/c1-15-10(4-5-11(15)14(17)18)13-6-8-2-3-9(16)7-12(8)19-13/h2-7,16H,1H3,(H,17,18). The summed E-state index contributed by atoms with van der Waals surface area (Å²) in [6, 6.07) is 9.90. The first-order valence-corrected chi connectivity index (χ1v) is 5.68. The van der Waals surface area contributed by atoms with Gasteiger partial charge in [-0.25, -0.2) is 4.79 Å². The SMILES string of the molecule is Cn1c(C(=O)O)ccc1-c1cc2ccc(O)cc2o1. The fourth-order valence-electron chi connectivity index (χ4n) is 2.12. The van der Waals surface area contributed by atoms with Crippen molar-refractivity contribution in [2.75, 3.05) is 0 Å². The quantitative estimate of drug-likeness (QED) is 0.740. The number of hydrogen-bond acceptors (Lipinski definition) is 3. The molecule has 0 spiro atoms. The Kier molecular flexibility index (Phi) is 2.35. The second kappa shape index (κ2) is 3.91. The Morgan fingerprint density at radius 1 is 1.21 bits per heavy atom. The van der Waals surface area contributed by atoms with E-state index >= 15 is 0 Å². The first-order valence-electron chi connectivity index (χ1n) is 5.68. The third-order valence-corrected chi connectivity index (χ3v) is 3.10. The summed E-state index contributed by atoms with van der Waals surface area (Å²) >= 11 is 0. The smallest absolute Gasteiger partial charge is 0.352 e. The molecule has 0 aliphatic rings. The molecule has 96 valence electrons. The lowest BCUT2D eigenvalue weighted by molar-refractivity contribution is 0.0686. The number of hydrogen-bond donors (Lipinski definition) is 2. The second-order valence-electron chi connectivity index (χ2n) is 4.30. The third-order valence-electron chi connectivity index (χ3n) is 3.10. The number of phenolic OH excluding ortho intramolecular Hbond substituents is 1. The van der Waals surface area contributed by atoms with Crippen LogP contribution in [-0.4, -0.2) is 20.7 Å². The number of aromatic nitrogens is 1. The van der Waals surface area contributed by atoms with Crippen LogP contribution in [0.3, 0.4) is 0 Å². The molecule has 1 aromatic carbocycles. The number of carbonyl (C=O) groups is 1. The van der Waals surface area contributed by atoms with Gasteiger partial charge < -0.3 is 19.2 Å². The van der Waals surface area contributed by atoms with Crippen molar-refractivity contribution < 1.29 is 19.4 Å². The van der Waals surface area contributed by atoms with Crippen LogP contribution >= 0.6 is 0 Å². The monoisotopic (exact) mass is 257 g/mol. The van der Waals surface area contributed by atoms with Gasteiger partial charge in [-0.2, -0.15) is 0 Å². The van der Waals surface area contributed by atoms with Crippen molar-refractivity contribution in [3.05, 3.63) is 42.1 Å². The van der Waals surface area contributed by atoms with Gasteiger partial charge in [0, 0.05) is 18.5 Å². The molecule has 0 amide bonds. The predicted octanol–water partition coefficient (Wildman–Crippen LogP) is 2.84.